The smallest absolute Gasteiger partial charge is 0.348 e. The van der Waals surface area contributed by atoms with Gasteiger partial charge in [-0.3, -0.25) is 0 Å². The first-order valence-corrected chi connectivity index (χ1v) is 6.64. The zero-order valence-corrected chi connectivity index (χ0v) is 10.7. The van der Waals surface area contributed by atoms with Crippen LogP contribution in [-0.2, 0) is 0 Å². The van der Waals surface area contributed by atoms with E-state index in [2.05, 4.69) is 20.5 Å². The van der Waals surface area contributed by atoms with Crippen LogP contribution in [0.25, 0.3) is 5.65 Å². The summed E-state index contributed by atoms with van der Waals surface area (Å²) in [7, 11) is 0. The van der Waals surface area contributed by atoms with Crippen LogP contribution in [0.2, 0.25) is 0 Å². The summed E-state index contributed by atoms with van der Waals surface area (Å²) < 4.78 is 1.38. The average molecular weight is 262 g/mol. The van der Waals surface area contributed by atoms with Crippen LogP contribution < -0.4 is 16.7 Å². The number of aromatic nitrogens is 4. The van der Waals surface area contributed by atoms with Gasteiger partial charge >= 0.3 is 5.69 Å². The topological polar surface area (TPSA) is 101 Å². The van der Waals surface area contributed by atoms with E-state index in [9.17, 15) is 4.79 Å². The van der Waals surface area contributed by atoms with Gasteiger partial charge in [0, 0.05) is 18.7 Å². The molecule has 1 aliphatic rings. The maximum Gasteiger partial charge on any atom is 0.348 e. The van der Waals surface area contributed by atoms with E-state index in [1.54, 1.807) is 6.07 Å². The summed E-state index contributed by atoms with van der Waals surface area (Å²) in [6.07, 6.45) is 6.03. The average Bonchev–Trinajstić information content (AvgIpc) is 2.79. The number of H-pyrrole nitrogens is 1. The van der Waals surface area contributed by atoms with Crippen molar-refractivity contribution in [1.82, 2.24) is 19.6 Å². The number of nitrogens with one attached hydrogen (secondary N) is 2. The van der Waals surface area contributed by atoms with Crippen LogP contribution in [0.5, 0.6) is 0 Å². The Morgan fingerprint density at radius 2 is 2.21 bits per heavy atom. The quantitative estimate of drug-likeness (QED) is 0.740. The molecule has 1 aliphatic carbocycles. The number of hydrogen-bond donors (Lipinski definition) is 3. The summed E-state index contributed by atoms with van der Waals surface area (Å²) in [6, 6.07) is 2.15. The minimum Gasteiger partial charge on any atom is -0.370 e. The second-order valence-corrected chi connectivity index (χ2v) is 5.19. The highest BCUT2D eigenvalue weighted by molar-refractivity contribution is 5.48. The van der Waals surface area contributed by atoms with Crippen LogP contribution >= 0.6 is 0 Å². The van der Waals surface area contributed by atoms with Crippen LogP contribution in [0.4, 0.5) is 5.82 Å². The fourth-order valence-corrected chi connectivity index (χ4v) is 2.55. The number of rotatable bonds is 3. The first-order valence-electron chi connectivity index (χ1n) is 6.64. The standard InChI is InChI=1S/C12H18N6O/c13-9-3-1-8(2-4-9)6-14-10-5-11-16-17-12(19)18(11)7-15-10/h5,7-9,14H,1-4,6,13H2,(H,17,19). The Morgan fingerprint density at radius 1 is 1.42 bits per heavy atom. The lowest BCUT2D eigenvalue weighted by molar-refractivity contribution is 0.338. The first kappa shape index (κ1) is 12.2. The van der Waals surface area contributed by atoms with E-state index in [1.807, 2.05) is 0 Å². The molecule has 0 radical (unpaired) electrons. The molecule has 102 valence electrons. The molecule has 7 heteroatoms. The van der Waals surface area contributed by atoms with Crippen molar-refractivity contribution in [2.45, 2.75) is 31.7 Å². The second kappa shape index (κ2) is 5.00. The molecule has 0 atom stereocenters. The maximum absolute atomic E-state index is 11.3. The number of hydrogen-bond acceptors (Lipinski definition) is 5. The predicted octanol–water partition coefficient (Wildman–Crippen LogP) is 0.347. The number of anilines is 1. The Labute approximate surface area is 110 Å². The van der Waals surface area contributed by atoms with Gasteiger partial charge in [-0.25, -0.2) is 19.3 Å². The molecule has 19 heavy (non-hydrogen) atoms. The monoisotopic (exact) mass is 262 g/mol. The van der Waals surface area contributed by atoms with E-state index < -0.39 is 0 Å². The number of aromatic amines is 1. The van der Waals surface area contributed by atoms with Gasteiger partial charge in [-0.15, -0.1) is 0 Å². The third-order valence-electron chi connectivity index (χ3n) is 3.77. The van der Waals surface area contributed by atoms with Gasteiger partial charge in [-0.1, -0.05) is 0 Å². The van der Waals surface area contributed by atoms with Crippen molar-refractivity contribution in [2.75, 3.05) is 11.9 Å². The summed E-state index contributed by atoms with van der Waals surface area (Å²) in [6.45, 7) is 0.893. The third kappa shape index (κ3) is 2.60. The Kier molecular flexibility index (Phi) is 3.20. The summed E-state index contributed by atoms with van der Waals surface area (Å²) in [5.74, 6) is 1.40. The Bertz CT molecular complexity index is 610. The van der Waals surface area contributed by atoms with Gasteiger partial charge in [0.15, 0.2) is 5.65 Å². The lowest BCUT2D eigenvalue weighted by Gasteiger charge is -2.26. The molecular formula is C12H18N6O. The van der Waals surface area contributed by atoms with Gasteiger partial charge in [0.2, 0.25) is 0 Å². The fourth-order valence-electron chi connectivity index (χ4n) is 2.55. The van der Waals surface area contributed by atoms with Crippen molar-refractivity contribution in [3.63, 3.8) is 0 Å². The third-order valence-corrected chi connectivity index (χ3v) is 3.77. The summed E-state index contributed by atoms with van der Waals surface area (Å²) >= 11 is 0. The van der Waals surface area contributed by atoms with E-state index in [1.165, 1.54) is 10.7 Å². The Hall–Kier alpha value is -1.89. The maximum atomic E-state index is 11.3. The number of nitrogens with zero attached hydrogens (tertiary/aromatic N) is 3. The molecule has 0 aromatic carbocycles. The SMILES string of the molecule is NC1CCC(CNc2cc3n[nH]c(=O)n3cn2)CC1. The Morgan fingerprint density at radius 3 is 3.00 bits per heavy atom. The van der Waals surface area contributed by atoms with Gasteiger partial charge in [0.1, 0.15) is 12.1 Å². The molecule has 2 heterocycles. The van der Waals surface area contributed by atoms with Crippen LogP contribution in [0.15, 0.2) is 17.2 Å². The molecule has 2 aromatic heterocycles. The zero-order chi connectivity index (χ0) is 13.2. The summed E-state index contributed by atoms with van der Waals surface area (Å²) in [4.78, 5) is 15.5. The van der Waals surface area contributed by atoms with Gasteiger partial charge in [0.25, 0.3) is 0 Å². The van der Waals surface area contributed by atoms with Gasteiger partial charge in [-0.2, -0.15) is 5.10 Å². The van der Waals surface area contributed by atoms with E-state index in [0.29, 0.717) is 17.6 Å². The minimum atomic E-state index is -0.268. The van der Waals surface area contributed by atoms with Crippen molar-refractivity contribution < 1.29 is 0 Å². The lowest BCUT2D eigenvalue weighted by Crippen LogP contribution is -2.29. The molecule has 0 aliphatic heterocycles. The van der Waals surface area contributed by atoms with E-state index in [-0.39, 0.29) is 5.69 Å². The molecule has 1 fully saturated rings. The van der Waals surface area contributed by atoms with Crippen molar-refractivity contribution >= 4 is 11.5 Å². The van der Waals surface area contributed by atoms with E-state index in [0.717, 1.165) is 38.0 Å². The van der Waals surface area contributed by atoms with Crippen molar-refractivity contribution in [3.05, 3.63) is 22.9 Å². The Balaban J connectivity index is 1.63. The van der Waals surface area contributed by atoms with Gasteiger partial charge in [0.05, 0.1) is 0 Å². The molecule has 0 bridgehead atoms. The second-order valence-electron chi connectivity index (χ2n) is 5.19. The predicted molar refractivity (Wildman–Crippen MR) is 72.0 cm³/mol. The van der Waals surface area contributed by atoms with Crippen molar-refractivity contribution in [2.24, 2.45) is 11.7 Å². The largest absolute Gasteiger partial charge is 0.370 e. The first-order chi connectivity index (χ1) is 9.22. The molecule has 2 aromatic rings. The minimum absolute atomic E-state index is 0.268. The highest BCUT2D eigenvalue weighted by Crippen LogP contribution is 2.23. The van der Waals surface area contributed by atoms with Gasteiger partial charge in [-0.05, 0) is 31.6 Å². The highest BCUT2D eigenvalue weighted by atomic mass is 16.1. The summed E-state index contributed by atoms with van der Waals surface area (Å²) in [5, 5.41) is 9.61. The van der Waals surface area contributed by atoms with Crippen molar-refractivity contribution in [1.29, 1.82) is 0 Å². The van der Waals surface area contributed by atoms with Crippen LogP contribution in [0.1, 0.15) is 25.7 Å². The molecular weight excluding hydrogens is 244 g/mol. The molecule has 0 saturated heterocycles. The molecule has 1 saturated carbocycles. The van der Waals surface area contributed by atoms with E-state index in [4.69, 9.17) is 5.73 Å². The van der Waals surface area contributed by atoms with Crippen LogP contribution in [0.3, 0.4) is 0 Å². The molecule has 0 unspecified atom stereocenters. The van der Waals surface area contributed by atoms with Gasteiger partial charge < -0.3 is 11.1 Å². The molecule has 0 spiro atoms. The number of nitrogens with two attached hydrogens (primary N) is 1. The van der Waals surface area contributed by atoms with Crippen LogP contribution in [-0.4, -0.2) is 32.2 Å². The highest BCUT2D eigenvalue weighted by Gasteiger charge is 2.18. The van der Waals surface area contributed by atoms with E-state index >= 15 is 0 Å². The normalized spacial score (nSPS) is 23.6. The molecule has 7 nitrogen and oxygen atoms in total. The molecule has 0 amide bonds. The van der Waals surface area contributed by atoms with Crippen molar-refractivity contribution in [3.8, 4) is 0 Å². The zero-order valence-electron chi connectivity index (χ0n) is 10.7. The lowest BCUT2D eigenvalue weighted by atomic mass is 9.86. The fraction of sp³-hybridized carbons (Fsp3) is 0.583. The molecule has 4 N–H and O–H groups in total. The number of fused-ring (bicyclic) bond motifs is 1. The van der Waals surface area contributed by atoms with Crippen LogP contribution in [0, 0.1) is 5.92 Å². The summed E-state index contributed by atoms with van der Waals surface area (Å²) in [5.41, 5.74) is 6.20. The molecule has 3 rings (SSSR count).